The molecule has 0 aliphatic rings. The van der Waals surface area contributed by atoms with Crippen LogP contribution >= 0.6 is 0 Å². The highest BCUT2D eigenvalue weighted by molar-refractivity contribution is 5.83. The molecule has 0 bridgehead atoms. The summed E-state index contributed by atoms with van der Waals surface area (Å²) < 4.78 is 0. The Balaban J connectivity index is 2.80. The SMILES string of the molecule is CCCN(CCC)C(=O)N[C@H](C(=O)O)c1ccccc1. The van der Waals surface area contributed by atoms with E-state index in [2.05, 4.69) is 5.32 Å². The summed E-state index contributed by atoms with van der Waals surface area (Å²) in [5.41, 5.74) is 0.571. The molecule has 5 heteroatoms. The molecule has 1 aromatic rings. The van der Waals surface area contributed by atoms with Crippen LogP contribution in [-0.4, -0.2) is 35.1 Å². The Labute approximate surface area is 119 Å². The Morgan fingerprint density at radius 3 is 2.15 bits per heavy atom. The number of hydrogen-bond donors (Lipinski definition) is 2. The van der Waals surface area contributed by atoms with Crippen LogP contribution in [0.3, 0.4) is 0 Å². The van der Waals surface area contributed by atoms with Crippen LogP contribution in [0.2, 0.25) is 0 Å². The van der Waals surface area contributed by atoms with Crippen LogP contribution in [0.4, 0.5) is 4.79 Å². The van der Waals surface area contributed by atoms with Crippen LogP contribution in [0.5, 0.6) is 0 Å². The molecule has 0 spiro atoms. The maximum Gasteiger partial charge on any atom is 0.330 e. The van der Waals surface area contributed by atoms with Gasteiger partial charge in [-0.25, -0.2) is 9.59 Å². The lowest BCUT2D eigenvalue weighted by Crippen LogP contribution is -2.44. The summed E-state index contributed by atoms with van der Waals surface area (Å²) in [4.78, 5) is 25.2. The van der Waals surface area contributed by atoms with E-state index in [4.69, 9.17) is 0 Å². The van der Waals surface area contributed by atoms with Crippen molar-refractivity contribution in [2.45, 2.75) is 32.7 Å². The zero-order chi connectivity index (χ0) is 15.0. The van der Waals surface area contributed by atoms with E-state index in [1.54, 1.807) is 29.2 Å². The predicted octanol–water partition coefficient (Wildman–Crippen LogP) is 2.64. The first-order valence-corrected chi connectivity index (χ1v) is 6.93. The molecule has 2 N–H and O–H groups in total. The molecule has 0 saturated heterocycles. The monoisotopic (exact) mass is 278 g/mol. The first-order chi connectivity index (χ1) is 9.60. The van der Waals surface area contributed by atoms with Gasteiger partial charge in [-0.3, -0.25) is 0 Å². The van der Waals surface area contributed by atoms with E-state index in [1.807, 2.05) is 19.9 Å². The lowest BCUT2D eigenvalue weighted by atomic mass is 10.1. The Bertz CT molecular complexity index is 428. The van der Waals surface area contributed by atoms with E-state index < -0.39 is 12.0 Å². The number of aliphatic carboxylic acids is 1. The van der Waals surface area contributed by atoms with Gasteiger partial charge in [-0.15, -0.1) is 0 Å². The van der Waals surface area contributed by atoms with E-state index in [0.717, 1.165) is 12.8 Å². The van der Waals surface area contributed by atoms with Crippen LogP contribution in [0, 0.1) is 0 Å². The zero-order valence-corrected chi connectivity index (χ0v) is 12.0. The summed E-state index contributed by atoms with van der Waals surface area (Å²) in [5, 5.41) is 11.9. The fourth-order valence-electron chi connectivity index (χ4n) is 2.00. The van der Waals surface area contributed by atoms with Gasteiger partial charge >= 0.3 is 12.0 Å². The minimum Gasteiger partial charge on any atom is -0.479 e. The molecule has 110 valence electrons. The molecular weight excluding hydrogens is 256 g/mol. The number of nitrogens with zero attached hydrogens (tertiary/aromatic N) is 1. The molecule has 0 radical (unpaired) electrons. The quantitative estimate of drug-likeness (QED) is 0.805. The Morgan fingerprint density at radius 2 is 1.70 bits per heavy atom. The third kappa shape index (κ3) is 4.57. The van der Waals surface area contributed by atoms with Gasteiger partial charge in [0.2, 0.25) is 0 Å². The molecule has 2 amide bonds. The number of amides is 2. The highest BCUT2D eigenvalue weighted by Gasteiger charge is 2.24. The van der Waals surface area contributed by atoms with Crippen LogP contribution in [-0.2, 0) is 4.79 Å². The van der Waals surface area contributed by atoms with Gasteiger partial charge in [0.05, 0.1) is 0 Å². The van der Waals surface area contributed by atoms with Crippen LogP contribution in [0.15, 0.2) is 30.3 Å². The zero-order valence-electron chi connectivity index (χ0n) is 12.0. The van der Waals surface area contributed by atoms with Gasteiger partial charge in [-0.05, 0) is 18.4 Å². The van der Waals surface area contributed by atoms with Crippen molar-refractivity contribution in [1.82, 2.24) is 10.2 Å². The van der Waals surface area contributed by atoms with Crippen molar-refractivity contribution in [1.29, 1.82) is 0 Å². The highest BCUT2D eigenvalue weighted by Crippen LogP contribution is 2.13. The maximum absolute atomic E-state index is 12.2. The van der Waals surface area contributed by atoms with E-state index >= 15 is 0 Å². The molecule has 1 aromatic carbocycles. The smallest absolute Gasteiger partial charge is 0.330 e. The molecule has 0 unspecified atom stereocenters. The number of carbonyl (C=O) groups is 2. The van der Waals surface area contributed by atoms with Crippen molar-refractivity contribution < 1.29 is 14.7 Å². The third-order valence-corrected chi connectivity index (χ3v) is 2.92. The molecule has 0 aliphatic heterocycles. The molecule has 1 rings (SSSR count). The third-order valence-electron chi connectivity index (χ3n) is 2.92. The molecule has 0 aliphatic carbocycles. The molecule has 0 aromatic heterocycles. The lowest BCUT2D eigenvalue weighted by molar-refractivity contribution is -0.139. The van der Waals surface area contributed by atoms with Crippen molar-refractivity contribution in [3.8, 4) is 0 Å². The first kappa shape index (κ1) is 16.0. The number of nitrogens with one attached hydrogen (secondary N) is 1. The van der Waals surface area contributed by atoms with Crippen molar-refractivity contribution in [2.24, 2.45) is 0 Å². The van der Waals surface area contributed by atoms with Crippen molar-refractivity contribution in [3.05, 3.63) is 35.9 Å². The summed E-state index contributed by atoms with van der Waals surface area (Å²) in [7, 11) is 0. The van der Waals surface area contributed by atoms with E-state index in [0.29, 0.717) is 18.7 Å². The van der Waals surface area contributed by atoms with Gasteiger partial charge in [0.1, 0.15) is 0 Å². The number of urea groups is 1. The van der Waals surface area contributed by atoms with Gasteiger partial charge in [-0.2, -0.15) is 0 Å². The van der Waals surface area contributed by atoms with Gasteiger partial charge in [0.25, 0.3) is 0 Å². The molecule has 20 heavy (non-hydrogen) atoms. The molecule has 0 fully saturated rings. The molecule has 5 nitrogen and oxygen atoms in total. The average Bonchev–Trinajstić information content (AvgIpc) is 2.45. The van der Waals surface area contributed by atoms with Gasteiger partial charge in [-0.1, -0.05) is 44.2 Å². The summed E-state index contributed by atoms with van der Waals surface area (Å²) >= 11 is 0. The number of carboxylic acids is 1. The average molecular weight is 278 g/mol. The summed E-state index contributed by atoms with van der Waals surface area (Å²) in [6.45, 7) is 5.23. The Morgan fingerprint density at radius 1 is 1.15 bits per heavy atom. The standard InChI is InChI=1S/C15H22N2O3/c1-3-10-17(11-4-2)15(20)16-13(14(18)19)12-8-6-5-7-9-12/h5-9,13H,3-4,10-11H2,1-2H3,(H,16,20)(H,18,19)/t13-/m0/s1. The van der Waals surface area contributed by atoms with E-state index in [9.17, 15) is 14.7 Å². The maximum atomic E-state index is 12.2. The fourth-order valence-corrected chi connectivity index (χ4v) is 2.00. The Kier molecular flexibility index (Phi) is 6.56. The summed E-state index contributed by atoms with van der Waals surface area (Å²) in [5.74, 6) is -1.06. The fraction of sp³-hybridized carbons (Fsp3) is 0.467. The second kappa shape index (κ2) is 8.19. The minimum absolute atomic E-state index is 0.329. The number of benzene rings is 1. The van der Waals surface area contributed by atoms with Crippen molar-refractivity contribution >= 4 is 12.0 Å². The molecule has 0 saturated carbocycles. The van der Waals surface area contributed by atoms with E-state index in [-0.39, 0.29) is 6.03 Å². The summed E-state index contributed by atoms with van der Waals surface area (Å²) in [6, 6.07) is 7.38. The van der Waals surface area contributed by atoms with E-state index in [1.165, 1.54) is 0 Å². The number of carboxylic acid groups (broad SMARTS) is 1. The highest BCUT2D eigenvalue weighted by atomic mass is 16.4. The topological polar surface area (TPSA) is 69.6 Å². The van der Waals surface area contributed by atoms with Gasteiger partial charge in [0.15, 0.2) is 6.04 Å². The minimum atomic E-state index is -1.06. The molecule has 0 heterocycles. The largest absolute Gasteiger partial charge is 0.479 e. The first-order valence-electron chi connectivity index (χ1n) is 6.93. The molecular formula is C15H22N2O3. The van der Waals surface area contributed by atoms with Crippen molar-refractivity contribution in [3.63, 3.8) is 0 Å². The predicted molar refractivity (Wildman–Crippen MR) is 77.5 cm³/mol. The summed E-state index contributed by atoms with van der Waals surface area (Å²) in [6.07, 6.45) is 1.69. The second-order valence-corrected chi connectivity index (χ2v) is 4.62. The van der Waals surface area contributed by atoms with Crippen LogP contribution in [0.25, 0.3) is 0 Å². The normalized spacial score (nSPS) is 11.7. The Hall–Kier alpha value is -2.04. The molecule has 1 atom stereocenters. The lowest BCUT2D eigenvalue weighted by Gasteiger charge is -2.24. The van der Waals surface area contributed by atoms with Gasteiger partial charge < -0.3 is 15.3 Å². The van der Waals surface area contributed by atoms with Gasteiger partial charge in [0, 0.05) is 13.1 Å². The number of hydrogen-bond acceptors (Lipinski definition) is 2. The second-order valence-electron chi connectivity index (χ2n) is 4.62. The number of carbonyl (C=O) groups excluding carboxylic acids is 1. The van der Waals surface area contributed by atoms with Crippen molar-refractivity contribution in [2.75, 3.05) is 13.1 Å². The number of rotatable bonds is 7. The van der Waals surface area contributed by atoms with Crippen LogP contribution in [0.1, 0.15) is 38.3 Å². The van der Waals surface area contributed by atoms with Crippen LogP contribution < -0.4 is 5.32 Å².